The van der Waals surface area contributed by atoms with Crippen molar-refractivity contribution in [2.24, 2.45) is 0 Å². The Morgan fingerprint density at radius 3 is 2.00 bits per heavy atom. The van der Waals surface area contributed by atoms with Crippen LogP contribution in [-0.2, 0) is 0 Å². The number of amides is 1. The number of rotatable bonds is 1. The van der Waals surface area contributed by atoms with Gasteiger partial charge in [0.15, 0.2) is 0 Å². The molecule has 0 aromatic carbocycles. The molecule has 0 unspecified atom stereocenters. The van der Waals surface area contributed by atoms with E-state index in [9.17, 15) is 4.79 Å². The monoisotopic (exact) mass is 135 g/mol. The summed E-state index contributed by atoms with van der Waals surface area (Å²) >= 11 is 5.11. The van der Waals surface area contributed by atoms with E-state index in [4.69, 9.17) is 11.6 Å². The molecule has 0 aromatic rings. The quantitative estimate of drug-likeness (QED) is 0.396. The Bertz CT molecular complexity index is 92.4. The van der Waals surface area contributed by atoms with E-state index in [2.05, 4.69) is 0 Å². The first-order chi connectivity index (χ1) is 3.55. The summed E-state index contributed by atoms with van der Waals surface area (Å²) in [5, 5.41) is -0.403. The summed E-state index contributed by atoms with van der Waals surface area (Å²) < 4.78 is 0. The van der Waals surface area contributed by atoms with E-state index in [1.54, 1.807) is 7.05 Å². The molecule has 0 aromatic heterocycles. The summed E-state index contributed by atoms with van der Waals surface area (Å²) in [7, 11) is 1.67. The second-order valence-corrected chi connectivity index (χ2v) is 2.28. The van der Waals surface area contributed by atoms with Gasteiger partial charge in [-0.2, -0.15) is 0 Å². The van der Waals surface area contributed by atoms with Crippen LogP contribution in [0.15, 0.2) is 0 Å². The number of hydrogen-bond donors (Lipinski definition) is 0. The van der Waals surface area contributed by atoms with Gasteiger partial charge in [-0.1, -0.05) is 0 Å². The lowest BCUT2D eigenvalue weighted by atomic mass is 10.4. The van der Waals surface area contributed by atoms with Gasteiger partial charge in [0.1, 0.15) is 0 Å². The Balaban J connectivity index is 3.64. The van der Waals surface area contributed by atoms with Crippen LogP contribution in [0.4, 0.5) is 4.79 Å². The number of nitrogens with zero attached hydrogens (tertiary/aromatic N) is 1. The van der Waals surface area contributed by atoms with Gasteiger partial charge >= 0.3 is 5.37 Å². The summed E-state index contributed by atoms with van der Waals surface area (Å²) in [5.74, 6) is 0. The van der Waals surface area contributed by atoms with E-state index in [1.165, 1.54) is 4.90 Å². The minimum absolute atomic E-state index is 0.194. The van der Waals surface area contributed by atoms with Crippen molar-refractivity contribution in [3.63, 3.8) is 0 Å². The highest BCUT2D eigenvalue weighted by Crippen LogP contribution is 1.97. The van der Waals surface area contributed by atoms with Crippen molar-refractivity contribution in [3.05, 3.63) is 0 Å². The summed E-state index contributed by atoms with van der Waals surface area (Å²) in [4.78, 5) is 11.7. The molecule has 1 amide bonds. The molecule has 2 nitrogen and oxygen atoms in total. The third-order valence-corrected chi connectivity index (χ3v) is 1.32. The molecule has 0 fully saturated rings. The van der Waals surface area contributed by atoms with Gasteiger partial charge in [-0.25, -0.2) is 0 Å². The molecule has 48 valence electrons. The van der Waals surface area contributed by atoms with Crippen LogP contribution in [0.1, 0.15) is 13.8 Å². The molecule has 0 spiro atoms. The minimum atomic E-state index is -0.403. The number of carbonyl (C=O) groups excluding carboxylic acids is 1. The second-order valence-electron chi connectivity index (χ2n) is 1.96. The van der Waals surface area contributed by atoms with Gasteiger partial charge in [0.25, 0.3) is 0 Å². The Morgan fingerprint density at radius 2 is 2.00 bits per heavy atom. The van der Waals surface area contributed by atoms with Crippen molar-refractivity contribution >= 4 is 17.0 Å². The Hall–Kier alpha value is -0.240. The van der Waals surface area contributed by atoms with Gasteiger partial charge in [-0.05, 0) is 25.4 Å². The van der Waals surface area contributed by atoms with Crippen LogP contribution in [0.2, 0.25) is 0 Å². The lowest BCUT2D eigenvalue weighted by Gasteiger charge is -2.16. The van der Waals surface area contributed by atoms with Crippen molar-refractivity contribution in [3.8, 4) is 0 Å². The van der Waals surface area contributed by atoms with E-state index in [-0.39, 0.29) is 6.04 Å². The lowest BCUT2D eigenvalue weighted by molar-refractivity contribution is 0.221. The SMILES string of the molecule is CC(C)N(C)C(=O)Cl. The molecule has 0 bridgehead atoms. The fourth-order valence-electron chi connectivity index (χ4n) is 0.203. The first-order valence-corrected chi connectivity index (χ1v) is 2.85. The predicted molar refractivity (Wildman–Crippen MR) is 34.1 cm³/mol. The van der Waals surface area contributed by atoms with Crippen molar-refractivity contribution in [2.45, 2.75) is 19.9 Å². The van der Waals surface area contributed by atoms with E-state index < -0.39 is 5.37 Å². The maximum absolute atomic E-state index is 10.3. The van der Waals surface area contributed by atoms with Crippen LogP contribution < -0.4 is 0 Å². The molecule has 0 N–H and O–H groups in total. The summed E-state index contributed by atoms with van der Waals surface area (Å²) in [6.07, 6.45) is 0. The van der Waals surface area contributed by atoms with E-state index in [0.29, 0.717) is 0 Å². The molecule has 0 heterocycles. The zero-order chi connectivity index (χ0) is 6.73. The third-order valence-electron chi connectivity index (χ3n) is 1.05. The molecule has 3 heteroatoms. The zero-order valence-corrected chi connectivity index (χ0v) is 6.07. The zero-order valence-electron chi connectivity index (χ0n) is 5.31. The lowest BCUT2D eigenvalue weighted by Crippen LogP contribution is -2.28. The standard InChI is InChI=1S/C5H10ClNO/c1-4(2)7(3)5(6)8/h4H,1-3H3. The minimum Gasteiger partial charge on any atom is -0.330 e. The van der Waals surface area contributed by atoms with Crippen LogP contribution in [0.3, 0.4) is 0 Å². The molecular formula is C5H10ClNO. The predicted octanol–water partition coefficient (Wildman–Crippen LogP) is 1.69. The third kappa shape index (κ3) is 2.17. The molecule has 0 aliphatic carbocycles. The fraction of sp³-hybridized carbons (Fsp3) is 0.800. The molecule has 0 saturated heterocycles. The van der Waals surface area contributed by atoms with Crippen LogP contribution in [0.25, 0.3) is 0 Å². The van der Waals surface area contributed by atoms with Gasteiger partial charge in [-0.15, -0.1) is 0 Å². The van der Waals surface area contributed by atoms with Gasteiger partial charge in [-0.3, -0.25) is 4.79 Å². The van der Waals surface area contributed by atoms with Gasteiger partial charge in [0.2, 0.25) is 0 Å². The van der Waals surface area contributed by atoms with Crippen LogP contribution in [0.5, 0.6) is 0 Å². The van der Waals surface area contributed by atoms with Crippen molar-refractivity contribution in [1.82, 2.24) is 4.90 Å². The van der Waals surface area contributed by atoms with Crippen molar-refractivity contribution < 1.29 is 4.79 Å². The number of carbonyl (C=O) groups is 1. The molecule has 0 saturated carbocycles. The molecule has 0 aliphatic heterocycles. The Morgan fingerprint density at radius 1 is 1.62 bits per heavy atom. The molecule has 0 atom stereocenters. The number of halogens is 1. The maximum Gasteiger partial charge on any atom is 0.316 e. The first kappa shape index (κ1) is 7.76. The van der Waals surface area contributed by atoms with Crippen molar-refractivity contribution in [2.75, 3.05) is 7.05 Å². The highest BCUT2D eigenvalue weighted by atomic mass is 35.5. The second kappa shape index (κ2) is 2.92. The summed E-state index contributed by atoms with van der Waals surface area (Å²) in [5.41, 5.74) is 0. The Kier molecular flexibility index (Phi) is 2.84. The van der Waals surface area contributed by atoms with E-state index in [1.807, 2.05) is 13.8 Å². The summed E-state index contributed by atoms with van der Waals surface area (Å²) in [6.45, 7) is 3.81. The fourth-order valence-corrected chi connectivity index (χ4v) is 0.398. The van der Waals surface area contributed by atoms with E-state index >= 15 is 0 Å². The first-order valence-electron chi connectivity index (χ1n) is 2.48. The van der Waals surface area contributed by atoms with E-state index in [0.717, 1.165) is 0 Å². The molecule has 0 aliphatic rings. The smallest absolute Gasteiger partial charge is 0.316 e. The normalized spacial score (nSPS) is 9.62. The van der Waals surface area contributed by atoms with Gasteiger partial charge in [0, 0.05) is 13.1 Å². The van der Waals surface area contributed by atoms with Crippen molar-refractivity contribution in [1.29, 1.82) is 0 Å². The summed E-state index contributed by atoms with van der Waals surface area (Å²) in [6, 6.07) is 0.194. The van der Waals surface area contributed by atoms with Gasteiger partial charge < -0.3 is 4.90 Å². The molecule has 0 radical (unpaired) electrons. The number of hydrogen-bond acceptors (Lipinski definition) is 1. The highest BCUT2D eigenvalue weighted by Gasteiger charge is 2.06. The van der Waals surface area contributed by atoms with Crippen LogP contribution >= 0.6 is 11.6 Å². The molecule has 0 rings (SSSR count). The average Bonchev–Trinajstić information content (AvgIpc) is 1.64. The molecular weight excluding hydrogens is 126 g/mol. The molecule has 8 heavy (non-hydrogen) atoms. The average molecular weight is 136 g/mol. The van der Waals surface area contributed by atoms with Crippen LogP contribution in [-0.4, -0.2) is 23.4 Å². The van der Waals surface area contributed by atoms with Crippen LogP contribution in [0, 0.1) is 0 Å². The maximum atomic E-state index is 10.3. The largest absolute Gasteiger partial charge is 0.330 e. The topological polar surface area (TPSA) is 20.3 Å². The van der Waals surface area contributed by atoms with Gasteiger partial charge in [0.05, 0.1) is 0 Å². The highest BCUT2D eigenvalue weighted by molar-refractivity contribution is 6.62. The Labute approximate surface area is 54.4 Å².